The van der Waals surface area contributed by atoms with Gasteiger partial charge in [-0.25, -0.2) is 4.39 Å². The maximum atomic E-state index is 13.4. The van der Waals surface area contributed by atoms with Gasteiger partial charge in [0.15, 0.2) is 0 Å². The topological polar surface area (TPSA) is 49.8 Å². The Morgan fingerprint density at radius 1 is 1.64 bits per heavy atom. The quantitative estimate of drug-likeness (QED) is 0.819. The van der Waals surface area contributed by atoms with Crippen LogP contribution in [0.15, 0.2) is 18.2 Å². The normalized spacial score (nSPS) is 14.5. The fraction of sp³-hybridized carbons (Fsp3) is 0.300. The molecule has 0 aromatic heterocycles. The molecule has 1 aromatic rings. The minimum Gasteiger partial charge on any atom is -0.321 e. The van der Waals surface area contributed by atoms with Crippen molar-refractivity contribution in [1.29, 1.82) is 5.26 Å². The molecular weight excluding hydrogens is 203 g/mol. The number of nitrogens with two attached hydrogens (primary N) is 1. The number of nitrogens with zero attached hydrogens (tertiary/aromatic N) is 1. The van der Waals surface area contributed by atoms with Crippen molar-refractivity contribution in [2.45, 2.75) is 18.9 Å². The molecule has 0 aliphatic heterocycles. The van der Waals surface area contributed by atoms with Gasteiger partial charge in [-0.3, -0.25) is 0 Å². The molecule has 4 heteroatoms. The molecule has 74 valence electrons. The number of halogens is 2. The Morgan fingerprint density at radius 2 is 2.29 bits per heavy atom. The Hall–Kier alpha value is -1.11. The van der Waals surface area contributed by atoms with Crippen LogP contribution in [0.5, 0.6) is 0 Å². The molecule has 0 spiro atoms. The van der Waals surface area contributed by atoms with Gasteiger partial charge < -0.3 is 5.73 Å². The molecule has 0 fully saturated rings. The maximum absolute atomic E-state index is 13.4. The van der Waals surface area contributed by atoms with Crippen LogP contribution in [0, 0.1) is 17.1 Å². The molecule has 0 bridgehead atoms. The second-order valence-electron chi connectivity index (χ2n) is 3.38. The molecule has 0 saturated carbocycles. The van der Waals surface area contributed by atoms with E-state index in [0.29, 0.717) is 10.6 Å². The molecule has 0 aliphatic rings. The van der Waals surface area contributed by atoms with E-state index in [4.69, 9.17) is 22.6 Å². The Kier molecular flexibility index (Phi) is 3.10. The molecule has 1 aromatic carbocycles. The van der Waals surface area contributed by atoms with Crippen LogP contribution < -0.4 is 5.73 Å². The molecule has 0 heterocycles. The van der Waals surface area contributed by atoms with Crippen LogP contribution in [0.1, 0.15) is 18.9 Å². The zero-order chi connectivity index (χ0) is 10.8. The minimum absolute atomic E-state index is 0.0611. The van der Waals surface area contributed by atoms with E-state index in [2.05, 4.69) is 0 Å². The van der Waals surface area contributed by atoms with Gasteiger partial charge in [-0.1, -0.05) is 17.7 Å². The molecular formula is C10H10ClFN2. The van der Waals surface area contributed by atoms with Crippen LogP contribution in [0.25, 0.3) is 0 Å². The van der Waals surface area contributed by atoms with Crippen LogP contribution >= 0.6 is 11.6 Å². The van der Waals surface area contributed by atoms with Gasteiger partial charge >= 0.3 is 0 Å². The lowest BCUT2D eigenvalue weighted by Crippen LogP contribution is -2.33. The number of nitriles is 1. The maximum Gasteiger partial charge on any atom is 0.129 e. The summed E-state index contributed by atoms with van der Waals surface area (Å²) in [4.78, 5) is 0. The zero-order valence-corrected chi connectivity index (χ0v) is 8.48. The highest BCUT2D eigenvalue weighted by atomic mass is 35.5. The van der Waals surface area contributed by atoms with Crippen molar-refractivity contribution >= 4 is 11.6 Å². The second-order valence-corrected chi connectivity index (χ2v) is 3.81. The van der Waals surface area contributed by atoms with Crippen molar-refractivity contribution in [2.24, 2.45) is 5.73 Å². The third kappa shape index (κ3) is 2.22. The van der Waals surface area contributed by atoms with Gasteiger partial charge in [0.05, 0.1) is 18.0 Å². The summed E-state index contributed by atoms with van der Waals surface area (Å²) in [6.45, 7) is 1.61. The highest BCUT2D eigenvalue weighted by Gasteiger charge is 2.24. The predicted molar refractivity (Wildman–Crippen MR) is 53.2 cm³/mol. The van der Waals surface area contributed by atoms with E-state index in [1.165, 1.54) is 12.1 Å². The number of hydrogen-bond acceptors (Lipinski definition) is 2. The highest BCUT2D eigenvalue weighted by Crippen LogP contribution is 2.25. The Morgan fingerprint density at radius 3 is 2.79 bits per heavy atom. The average molecular weight is 213 g/mol. The summed E-state index contributed by atoms with van der Waals surface area (Å²) in [7, 11) is 0. The zero-order valence-electron chi connectivity index (χ0n) is 7.72. The van der Waals surface area contributed by atoms with E-state index >= 15 is 0 Å². The van der Waals surface area contributed by atoms with Crippen LogP contribution in [0.2, 0.25) is 5.02 Å². The number of rotatable bonds is 2. The lowest BCUT2D eigenvalue weighted by atomic mass is 9.90. The average Bonchev–Trinajstić information content (AvgIpc) is 2.02. The molecule has 0 aliphatic carbocycles. The lowest BCUT2D eigenvalue weighted by molar-refractivity contribution is 0.469. The fourth-order valence-corrected chi connectivity index (χ4v) is 1.37. The summed E-state index contributed by atoms with van der Waals surface area (Å²) in [6.07, 6.45) is 0.0611. The first-order chi connectivity index (χ1) is 6.47. The van der Waals surface area contributed by atoms with Crippen LogP contribution in [-0.4, -0.2) is 0 Å². The van der Waals surface area contributed by atoms with Crippen molar-refractivity contribution in [3.63, 3.8) is 0 Å². The first-order valence-electron chi connectivity index (χ1n) is 4.09. The summed E-state index contributed by atoms with van der Waals surface area (Å²) in [6, 6.07) is 6.18. The number of hydrogen-bond donors (Lipinski definition) is 1. The van der Waals surface area contributed by atoms with Gasteiger partial charge in [0.25, 0.3) is 0 Å². The van der Waals surface area contributed by atoms with Crippen LogP contribution in [-0.2, 0) is 5.54 Å². The smallest absolute Gasteiger partial charge is 0.129 e. The van der Waals surface area contributed by atoms with Crippen molar-refractivity contribution < 1.29 is 4.39 Å². The molecule has 0 unspecified atom stereocenters. The van der Waals surface area contributed by atoms with Gasteiger partial charge in [-0.05, 0) is 19.1 Å². The standard InChI is InChI=1S/C10H10ClFN2/c1-10(14,4-5-13)8-3-2-7(11)6-9(8)12/h2-3,6H,4,14H2,1H3/t10-/m0/s1. The Balaban J connectivity index is 3.14. The summed E-state index contributed by atoms with van der Waals surface area (Å²) >= 11 is 5.60. The summed E-state index contributed by atoms with van der Waals surface area (Å²) in [5, 5.41) is 8.85. The van der Waals surface area contributed by atoms with Crippen molar-refractivity contribution in [1.82, 2.24) is 0 Å². The first-order valence-corrected chi connectivity index (χ1v) is 4.46. The largest absolute Gasteiger partial charge is 0.321 e. The van der Waals surface area contributed by atoms with Gasteiger partial charge in [-0.2, -0.15) is 5.26 Å². The van der Waals surface area contributed by atoms with Crippen molar-refractivity contribution in [3.8, 4) is 6.07 Å². The van der Waals surface area contributed by atoms with E-state index in [1.54, 1.807) is 13.0 Å². The molecule has 1 rings (SSSR count). The molecule has 14 heavy (non-hydrogen) atoms. The molecule has 2 nitrogen and oxygen atoms in total. The van der Waals surface area contributed by atoms with Crippen molar-refractivity contribution in [2.75, 3.05) is 0 Å². The Bertz CT molecular complexity index is 382. The fourth-order valence-electron chi connectivity index (χ4n) is 1.21. The molecule has 0 radical (unpaired) electrons. The molecule has 0 saturated heterocycles. The van der Waals surface area contributed by atoms with Gasteiger partial charge in [-0.15, -0.1) is 0 Å². The van der Waals surface area contributed by atoms with E-state index in [0.717, 1.165) is 0 Å². The lowest BCUT2D eigenvalue weighted by Gasteiger charge is -2.22. The summed E-state index contributed by atoms with van der Waals surface area (Å²) in [5.41, 5.74) is 5.13. The van der Waals surface area contributed by atoms with E-state index in [9.17, 15) is 4.39 Å². The van der Waals surface area contributed by atoms with Gasteiger partial charge in [0.1, 0.15) is 5.82 Å². The molecule has 1 atom stereocenters. The van der Waals surface area contributed by atoms with Crippen LogP contribution in [0.3, 0.4) is 0 Å². The second kappa shape index (κ2) is 3.95. The number of benzene rings is 1. The van der Waals surface area contributed by atoms with E-state index in [1.807, 2.05) is 6.07 Å². The molecule has 2 N–H and O–H groups in total. The highest BCUT2D eigenvalue weighted by molar-refractivity contribution is 6.30. The first kappa shape index (κ1) is 11.0. The summed E-state index contributed by atoms with van der Waals surface area (Å²) < 4.78 is 13.4. The van der Waals surface area contributed by atoms with Crippen molar-refractivity contribution in [3.05, 3.63) is 34.6 Å². The van der Waals surface area contributed by atoms with Gasteiger partial charge in [0.2, 0.25) is 0 Å². The monoisotopic (exact) mass is 212 g/mol. The SMILES string of the molecule is C[C@](N)(CC#N)c1ccc(Cl)cc1F. The predicted octanol–water partition coefficient (Wildman–Crippen LogP) is 2.57. The third-order valence-electron chi connectivity index (χ3n) is 1.99. The van der Waals surface area contributed by atoms with E-state index < -0.39 is 11.4 Å². The molecule has 0 amide bonds. The Labute approximate surface area is 87.1 Å². The van der Waals surface area contributed by atoms with Crippen LogP contribution in [0.4, 0.5) is 4.39 Å². The third-order valence-corrected chi connectivity index (χ3v) is 2.23. The summed E-state index contributed by atoms with van der Waals surface area (Å²) in [5.74, 6) is -0.474. The van der Waals surface area contributed by atoms with E-state index in [-0.39, 0.29) is 6.42 Å². The van der Waals surface area contributed by atoms with Gasteiger partial charge in [0, 0.05) is 10.6 Å². The minimum atomic E-state index is -0.969.